The van der Waals surface area contributed by atoms with E-state index in [4.69, 9.17) is 0 Å². The Bertz CT molecular complexity index is 235. The van der Waals surface area contributed by atoms with Crippen LogP contribution < -0.4 is 5.32 Å². The Labute approximate surface area is 87.2 Å². The van der Waals surface area contributed by atoms with E-state index in [0.717, 1.165) is 19.4 Å². The van der Waals surface area contributed by atoms with Gasteiger partial charge in [-0.25, -0.2) is 8.42 Å². The molecule has 1 aliphatic heterocycles. The number of nitrogens with one attached hydrogen (secondary N) is 1. The molecule has 0 aromatic rings. The van der Waals surface area contributed by atoms with Crippen molar-refractivity contribution in [3.63, 3.8) is 0 Å². The molecule has 0 saturated carbocycles. The van der Waals surface area contributed by atoms with Crippen LogP contribution in [0.4, 0.5) is 0 Å². The average Bonchev–Trinajstić information content (AvgIpc) is 2.15. The van der Waals surface area contributed by atoms with Crippen molar-refractivity contribution < 1.29 is 8.42 Å². The Kier molecular flexibility index (Phi) is 4.89. The van der Waals surface area contributed by atoms with Crippen LogP contribution in [0.1, 0.15) is 39.0 Å². The van der Waals surface area contributed by atoms with Crippen LogP contribution in [-0.4, -0.2) is 32.5 Å². The minimum Gasteiger partial charge on any atom is -0.314 e. The summed E-state index contributed by atoms with van der Waals surface area (Å²) >= 11 is 0. The Morgan fingerprint density at radius 3 is 2.43 bits per heavy atom. The number of sulfone groups is 1. The summed E-state index contributed by atoms with van der Waals surface area (Å²) < 4.78 is 22.3. The van der Waals surface area contributed by atoms with E-state index in [1.165, 1.54) is 19.3 Å². The van der Waals surface area contributed by atoms with Crippen molar-refractivity contribution in [2.24, 2.45) is 0 Å². The second kappa shape index (κ2) is 5.71. The third kappa shape index (κ3) is 4.42. The molecule has 14 heavy (non-hydrogen) atoms. The highest BCUT2D eigenvalue weighted by Crippen LogP contribution is 2.12. The molecular formula is C10H21NO2S. The van der Waals surface area contributed by atoms with E-state index >= 15 is 0 Å². The van der Waals surface area contributed by atoms with Gasteiger partial charge in [-0.15, -0.1) is 0 Å². The molecular weight excluding hydrogens is 198 g/mol. The van der Waals surface area contributed by atoms with E-state index in [-0.39, 0.29) is 0 Å². The molecule has 0 atom stereocenters. The molecule has 4 heteroatoms. The molecule has 0 unspecified atom stereocenters. The summed E-state index contributed by atoms with van der Waals surface area (Å²) in [4.78, 5) is 0. The van der Waals surface area contributed by atoms with Crippen LogP contribution in [0.25, 0.3) is 0 Å². The van der Waals surface area contributed by atoms with Crippen LogP contribution in [0.2, 0.25) is 0 Å². The van der Waals surface area contributed by atoms with Gasteiger partial charge in [-0.05, 0) is 25.8 Å². The van der Waals surface area contributed by atoms with Crippen LogP contribution in [0, 0.1) is 0 Å². The van der Waals surface area contributed by atoms with Crippen molar-refractivity contribution in [3.8, 4) is 0 Å². The first-order chi connectivity index (χ1) is 6.64. The monoisotopic (exact) mass is 219 g/mol. The molecule has 1 rings (SSSR count). The third-order valence-electron chi connectivity index (χ3n) is 2.77. The third-order valence-corrected chi connectivity index (χ3v) is 4.48. The molecule has 1 saturated heterocycles. The Morgan fingerprint density at radius 1 is 1.21 bits per heavy atom. The minimum atomic E-state index is -2.69. The first-order valence-electron chi connectivity index (χ1n) is 5.58. The van der Waals surface area contributed by atoms with Crippen molar-refractivity contribution >= 4 is 9.84 Å². The predicted molar refractivity (Wildman–Crippen MR) is 59.2 cm³/mol. The molecule has 1 aliphatic rings. The van der Waals surface area contributed by atoms with Gasteiger partial charge in [0.15, 0.2) is 0 Å². The van der Waals surface area contributed by atoms with Crippen LogP contribution in [0.3, 0.4) is 0 Å². The van der Waals surface area contributed by atoms with Crippen molar-refractivity contribution in [3.05, 3.63) is 0 Å². The van der Waals surface area contributed by atoms with E-state index < -0.39 is 9.84 Å². The number of rotatable bonds is 5. The number of hydrogen-bond acceptors (Lipinski definition) is 3. The summed E-state index contributed by atoms with van der Waals surface area (Å²) in [5, 5.41) is 3.43. The molecule has 1 fully saturated rings. The van der Waals surface area contributed by atoms with Gasteiger partial charge in [-0.3, -0.25) is 0 Å². The summed E-state index contributed by atoms with van der Waals surface area (Å²) in [5.41, 5.74) is 0. The summed E-state index contributed by atoms with van der Waals surface area (Å²) in [7, 11) is -2.69. The zero-order valence-electron chi connectivity index (χ0n) is 8.96. The van der Waals surface area contributed by atoms with E-state index in [0.29, 0.717) is 17.5 Å². The lowest BCUT2D eigenvalue weighted by molar-refractivity contribution is 0.455. The fraction of sp³-hybridized carbons (Fsp3) is 1.00. The summed E-state index contributed by atoms with van der Waals surface area (Å²) in [6.45, 7) is 3.23. The maximum Gasteiger partial charge on any atom is 0.150 e. The van der Waals surface area contributed by atoms with Gasteiger partial charge in [0, 0.05) is 6.04 Å². The van der Waals surface area contributed by atoms with E-state index in [2.05, 4.69) is 12.2 Å². The molecule has 0 bridgehead atoms. The highest BCUT2D eigenvalue weighted by Gasteiger charge is 2.22. The Hall–Kier alpha value is -0.0900. The molecule has 0 aliphatic carbocycles. The van der Waals surface area contributed by atoms with E-state index in [1.54, 1.807) is 0 Å². The maximum absolute atomic E-state index is 11.1. The lowest BCUT2D eigenvalue weighted by atomic mass is 10.1. The molecule has 1 N–H and O–H groups in total. The van der Waals surface area contributed by atoms with Crippen molar-refractivity contribution in [2.75, 3.05) is 18.1 Å². The van der Waals surface area contributed by atoms with Crippen LogP contribution in [-0.2, 0) is 9.84 Å². The Balaban J connectivity index is 2.10. The largest absolute Gasteiger partial charge is 0.314 e. The lowest BCUT2D eigenvalue weighted by Crippen LogP contribution is -2.37. The highest BCUT2D eigenvalue weighted by atomic mass is 32.2. The SMILES string of the molecule is CCCCCNC1CCS(=O)(=O)CC1. The van der Waals surface area contributed by atoms with Crippen molar-refractivity contribution in [1.82, 2.24) is 5.32 Å². The number of hydrogen-bond donors (Lipinski definition) is 1. The maximum atomic E-state index is 11.1. The smallest absolute Gasteiger partial charge is 0.150 e. The minimum absolute atomic E-state index is 0.373. The van der Waals surface area contributed by atoms with Gasteiger partial charge in [0.05, 0.1) is 11.5 Å². The topological polar surface area (TPSA) is 46.2 Å². The number of unbranched alkanes of at least 4 members (excludes halogenated alkanes) is 2. The molecule has 0 amide bonds. The van der Waals surface area contributed by atoms with E-state index in [1.807, 2.05) is 0 Å². The van der Waals surface area contributed by atoms with E-state index in [9.17, 15) is 8.42 Å². The second-order valence-electron chi connectivity index (χ2n) is 4.09. The molecule has 84 valence electrons. The fourth-order valence-corrected chi connectivity index (χ4v) is 3.27. The first kappa shape index (κ1) is 12.0. The molecule has 0 spiro atoms. The summed E-state index contributed by atoms with van der Waals surface area (Å²) in [6.07, 6.45) is 5.31. The molecule has 3 nitrogen and oxygen atoms in total. The average molecular weight is 219 g/mol. The second-order valence-corrected chi connectivity index (χ2v) is 6.39. The van der Waals surface area contributed by atoms with Crippen LogP contribution >= 0.6 is 0 Å². The van der Waals surface area contributed by atoms with Crippen molar-refractivity contribution in [1.29, 1.82) is 0 Å². The van der Waals surface area contributed by atoms with Crippen LogP contribution in [0.5, 0.6) is 0 Å². The predicted octanol–water partition coefficient (Wildman–Crippen LogP) is 1.34. The normalized spacial score (nSPS) is 22.4. The molecule has 0 aromatic heterocycles. The van der Waals surface area contributed by atoms with Gasteiger partial charge in [0.1, 0.15) is 9.84 Å². The molecule has 1 heterocycles. The van der Waals surface area contributed by atoms with Gasteiger partial charge >= 0.3 is 0 Å². The van der Waals surface area contributed by atoms with Gasteiger partial charge in [0.25, 0.3) is 0 Å². The first-order valence-corrected chi connectivity index (χ1v) is 7.40. The lowest BCUT2D eigenvalue weighted by Gasteiger charge is -2.22. The molecule has 0 radical (unpaired) electrons. The summed E-state index contributed by atoms with van der Waals surface area (Å²) in [6, 6.07) is 0.440. The van der Waals surface area contributed by atoms with Gasteiger partial charge in [-0.1, -0.05) is 19.8 Å². The van der Waals surface area contributed by atoms with Gasteiger partial charge < -0.3 is 5.32 Å². The van der Waals surface area contributed by atoms with Crippen molar-refractivity contribution in [2.45, 2.75) is 45.1 Å². The molecule has 0 aromatic carbocycles. The fourth-order valence-electron chi connectivity index (χ4n) is 1.78. The van der Waals surface area contributed by atoms with Crippen LogP contribution in [0.15, 0.2) is 0 Å². The standard InChI is InChI=1S/C10H21NO2S/c1-2-3-4-7-11-10-5-8-14(12,13)9-6-10/h10-11H,2-9H2,1H3. The van der Waals surface area contributed by atoms with Gasteiger partial charge in [0.2, 0.25) is 0 Å². The highest BCUT2D eigenvalue weighted by molar-refractivity contribution is 7.91. The van der Waals surface area contributed by atoms with Gasteiger partial charge in [-0.2, -0.15) is 0 Å². The quantitative estimate of drug-likeness (QED) is 0.710. The zero-order valence-corrected chi connectivity index (χ0v) is 9.78. The Morgan fingerprint density at radius 2 is 1.86 bits per heavy atom. The summed E-state index contributed by atoms with van der Waals surface area (Å²) in [5.74, 6) is 0.747. The zero-order chi connectivity index (χ0) is 10.4.